The minimum atomic E-state index is -0.231. The van der Waals surface area contributed by atoms with Gasteiger partial charge in [-0.3, -0.25) is 9.59 Å². The van der Waals surface area contributed by atoms with Crippen molar-refractivity contribution in [2.24, 2.45) is 0 Å². The average Bonchev–Trinajstić information content (AvgIpc) is 3.25. The number of benzene rings is 2. The Hall–Kier alpha value is -3.54. The second-order valence-electron chi connectivity index (χ2n) is 6.34. The first-order valence-corrected chi connectivity index (χ1v) is 9.09. The monoisotopic (exact) mass is 377 g/mol. The SMILES string of the molecule is Cc1ccc(OCC(=O)NCCNC(=O)c2ccc(-n3cccc3)cc2)cc1. The highest BCUT2D eigenvalue weighted by Gasteiger charge is 2.06. The van der Waals surface area contributed by atoms with Gasteiger partial charge in [-0.1, -0.05) is 17.7 Å². The molecular weight excluding hydrogens is 354 g/mol. The Labute approximate surface area is 164 Å². The summed E-state index contributed by atoms with van der Waals surface area (Å²) in [6, 6.07) is 18.7. The molecule has 0 aliphatic carbocycles. The van der Waals surface area contributed by atoms with Crippen molar-refractivity contribution in [3.05, 3.63) is 84.2 Å². The van der Waals surface area contributed by atoms with Crippen LogP contribution in [0.4, 0.5) is 0 Å². The van der Waals surface area contributed by atoms with Crippen molar-refractivity contribution >= 4 is 11.8 Å². The zero-order valence-electron chi connectivity index (χ0n) is 15.7. The summed E-state index contributed by atoms with van der Waals surface area (Å²) in [5.74, 6) is 0.243. The van der Waals surface area contributed by atoms with Crippen LogP contribution in [-0.4, -0.2) is 36.1 Å². The van der Waals surface area contributed by atoms with Crippen LogP contribution in [0.1, 0.15) is 15.9 Å². The Bertz CT molecular complexity index is 901. The molecule has 0 unspecified atom stereocenters. The fourth-order valence-electron chi connectivity index (χ4n) is 2.61. The minimum Gasteiger partial charge on any atom is -0.484 e. The second-order valence-corrected chi connectivity index (χ2v) is 6.34. The Balaban J connectivity index is 1.35. The van der Waals surface area contributed by atoms with Crippen molar-refractivity contribution < 1.29 is 14.3 Å². The Kier molecular flexibility index (Phi) is 6.46. The average molecular weight is 377 g/mol. The third-order valence-corrected chi connectivity index (χ3v) is 4.16. The van der Waals surface area contributed by atoms with Crippen LogP contribution in [0.5, 0.6) is 5.75 Å². The molecule has 0 atom stereocenters. The molecule has 2 amide bonds. The van der Waals surface area contributed by atoms with Gasteiger partial charge in [0.2, 0.25) is 0 Å². The summed E-state index contributed by atoms with van der Waals surface area (Å²) in [7, 11) is 0. The number of amides is 2. The van der Waals surface area contributed by atoms with E-state index in [-0.39, 0.29) is 18.4 Å². The normalized spacial score (nSPS) is 10.3. The van der Waals surface area contributed by atoms with Crippen molar-refractivity contribution in [2.45, 2.75) is 6.92 Å². The highest BCUT2D eigenvalue weighted by molar-refractivity contribution is 5.94. The maximum Gasteiger partial charge on any atom is 0.258 e. The molecule has 1 aromatic heterocycles. The van der Waals surface area contributed by atoms with E-state index in [1.165, 1.54) is 0 Å². The van der Waals surface area contributed by atoms with Gasteiger partial charge in [0.05, 0.1) is 0 Å². The van der Waals surface area contributed by atoms with Crippen LogP contribution in [0.25, 0.3) is 5.69 Å². The van der Waals surface area contributed by atoms with Crippen LogP contribution >= 0.6 is 0 Å². The number of ether oxygens (including phenoxy) is 1. The Morgan fingerprint density at radius 2 is 1.54 bits per heavy atom. The van der Waals surface area contributed by atoms with E-state index in [2.05, 4.69) is 10.6 Å². The molecule has 3 rings (SSSR count). The van der Waals surface area contributed by atoms with E-state index < -0.39 is 0 Å². The molecule has 0 aliphatic rings. The van der Waals surface area contributed by atoms with Gasteiger partial charge in [0.1, 0.15) is 5.75 Å². The topological polar surface area (TPSA) is 72.4 Å². The molecule has 0 radical (unpaired) electrons. The number of hydrogen-bond acceptors (Lipinski definition) is 3. The predicted molar refractivity (Wildman–Crippen MR) is 108 cm³/mol. The van der Waals surface area contributed by atoms with Crippen LogP contribution in [0.3, 0.4) is 0 Å². The highest BCUT2D eigenvalue weighted by Crippen LogP contribution is 2.11. The molecule has 6 heteroatoms. The lowest BCUT2D eigenvalue weighted by Gasteiger charge is -2.09. The summed E-state index contributed by atoms with van der Waals surface area (Å²) < 4.78 is 7.38. The van der Waals surface area contributed by atoms with Gasteiger partial charge < -0.3 is 19.9 Å². The van der Waals surface area contributed by atoms with E-state index in [0.717, 1.165) is 11.3 Å². The predicted octanol–water partition coefficient (Wildman–Crippen LogP) is 2.71. The van der Waals surface area contributed by atoms with E-state index in [9.17, 15) is 9.59 Å². The molecular formula is C22H23N3O3. The van der Waals surface area contributed by atoms with E-state index in [1.807, 2.05) is 72.4 Å². The summed E-state index contributed by atoms with van der Waals surface area (Å²) in [5, 5.41) is 5.50. The number of nitrogens with zero attached hydrogens (tertiary/aromatic N) is 1. The first-order chi connectivity index (χ1) is 13.6. The number of nitrogens with one attached hydrogen (secondary N) is 2. The van der Waals surface area contributed by atoms with Gasteiger partial charge >= 0.3 is 0 Å². The van der Waals surface area contributed by atoms with Gasteiger partial charge in [-0.15, -0.1) is 0 Å². The van der Waals surface area contributed by atoms with Crippen molar-refractivity contribution in [3.8, 4) is 11.4 Å². The Morgan fingerprint density at radius 3 is 2.21 bits per heavy atom. The number of aryl methyl sites for hydroxylation is 1. The van der Waals surface area contributed by atoms with Crippen LogP contribution in [0, 0.1) is 6.92 Å². The van der Waals surface area contributed by atoms with E-state index in [1.54, 1.807) is 12.1 Å². The van der Waals surface area contributed by atoms with Crippen LogP contribution < -0.4 is 15.4 Å². The third kappa shape index (κ3) is 5.48. The maximum atomic E-state index is 12.2. The van der Waals surface area contributed by atoms with E-state index >= 15 is 0 Å². The van der Waals surface area contributed by atoms with E-state index in [0.29, 0.717) is 24.4 Å². The van der Waals surface area contributed by atoms with Crippen molar-refractivity contribution in [2.75, 3.05) is 19.7 Å². The minimum absolute atomic E-state index is 0.0577. The fraction of sp³-hybridized carbons (Fsp3) is 0.182. The Morgan fingerprint density at radius 1 is 0.893 bits per heavy atom. The lowest BCUT2D eigenvalue weighted by molar-refractivity contribution is -0.123. The zero-order valence-corrected chi connectivity index (χ0v) is 15.7. The summed E-state index contributed by atoms with van der Waals surface area (Å²) >= 11 is 0. The molecule has 0 aliphatic heterocycles. The molecule has 0 bridgehead atoms. The van der Waals surface area contributed by atoms with Crippen molar-refractivity contribution in [1.82, 2.24) is 15.2 Å². The molecule has 3 aromatic rings. The fourth-order valence-corrected chi connectivity index (χ4v) is 2.61. The summed E-state index contributed by atoms with van der Waals surface area (Å²) in [6.45, 7) is 2.61. The van der Waals surface area contributed by atoms with Gasteiger partial charge in [-0.05, 0) is 55.5 Å². The molecule has 1 heterocycles. The van der Waals surface area contributed by atoms with Crippen LogP contribution in [-0.2, 0) is 4.79 Å². The summed E-state index contributed by atoms with van der Waals surface area (Å²) in [5.41, 5.74) is 2.69. The van der Waals surface area contributed by atoms with Crippen molar-refractivity contribution in [3.63, 3.8) is 0 Å². The first kappa shape index (κ1) is 19.2. The van der Waals surface area contributed by atoms with Crippen molar-refractivity contribution in [1.29, 1.82) is 0 Å². The molecule has 0 saturated carbocycles. The number of carbonyl (C=O) groups excluding carboxylic acids is 2. The maximum absolute atomic E-state index is 12.2. The van der Waals surface area contributed by atoms with Crippen LogP contribution in [0.15, 0.2) is 73.1 Å². The summed E-state index contributed by atoms with van der Waals surface area (Å²) in [4.78, 5) is 24.0. The number of aromatic nitrogens is 1. The van der Waals surface area contributed by atoms with Gasteiger partial charge in [-0.2, -0.15) is 0 Å². The molecule has 2 aromatic carbocycles. The molecule has 0 spiro atoms. The first-order valence-electron chi connectivity index (χ1n) is 9.09. The third-order valence-electron chi connectivity index (χ3n) is 4.16. The molecule has 6 nitrogen and oxygen atoms in total. The number of rotatable bonds is 8. The highest BCUT2D eigenvalue weighted by atomic mass is 16.5. The lowest BCUT2D eigenvalue weighted by Crippen LogP contribution is -2.36. The number of carbonyl (C=O) groups is 2. The van der Waals surface area contributed by atoms with Crippen LogP contribution in [0.2, 0.25) is 0 Å². The molecule has 0 fully saturated rings. The lowest BCUT2D eigenvalue weighted by atomic mass is 10.2. The number of hydrogen-bond donors (Lipinski definition) is 2. The molecule has 0 saturated heterocycles. The molecule has 28 heavy (non-hydrogen) atoms. The van der Waals surface area contributed by atoms with E-state index in [4.69, 9.17) is 4.74 Å². The van der Waals surface area contributed by atoms with Gasteiger partial charge in [0, 0.05) is 36.7 Å². The van der Waals surface area contributed by atoms with Gasteiger partial charge in [0.15, 0.2) is 6.61 Å². The summed E-state index contributed by atoms with van der Waals surface area (Å²) in [6.07, 6.45) is 3.89. The van der Waals surface area contributed by atoms with Gasteiger partial charge in [0.25, 0.3) is 11.8 Å². The van der Waals surface area contributed by atoms with Gasteiger partial charge in [-0.25, -0.2) is 0 Å². The smallest absolute Gasteiger partial charge is 0.258 e. The molecule has 2 N–H and O–H groups in total. The largest absolute Gasteiger partial charge is 0.484 e. The molecule has 144 valence electrons. The zero-order chi connectivity index (χ0) is 19.8. The second kappa shape index (κ2) is 9.41. The standard InChI is InChI=1S/C22H23N3O3/c1-17-4-10-20(11-5-17)28-16-21(26)23-12-13-24-22(27)18-6-8-19(9-7-18)25-14-2-3-15-25/h2-11,14-15H,12-13,16H2,1H3,(H,23,26)(H,24,27). The quantitative estimate of drug-likeness (QED) is 0.593.